The summed E-state index contributed by atoms with van der Waals surface area (Å²) < 4.78 is 0. The lowest BCUT2D eigenvalue weighted by molar-refractivity contribution is -0.132. The number of benzene rings is 1. The summed E-state index contributed by atoms with van der Waals surface area (Å²) in [6.07, 6.45) is 5.24. The van der Waals surface area contributed by atoms with Crippen LogP contribution in [0.1, 0.15) is 37.1 Å². The Bertz CT molecular complexity index is 816. The molecule has 0 radical (unpaired) electrons. The normalized spacial score (nSPS) is 30.0. The zero-order valence-corrected chi connectivity index (χ0v) is 12.8. The Morgan fingerprint density at radius 2 is 2.14 bits per heavy atom. The molecule has 3 heteroatoms. The van der Waals surface area contributed by atoms with Crippen LogP contribution in [0.15, 0.2) is 35.9 Å². The molecule has 2 aliphatic heterocycles. The minimum absolute atomic E-state index is 0.200. The van der Waals surface area contributed by atoms with Crippen molar-refractivity contribution in [3.8, 4) is 0 Å². The summed E-state index contributed by atoms with van der Waals surface area (Å²) in [5.74, 6) is 1.03. The molecule has 2 aromatic rings. The topological polar surface area (TPSA) is 36.1 Å². The Labute approximate surface area is 130 Å². The molecule has 1 aromatic carbocycles. The van der Waals surface area contributed by atoms with Gasteiger partial charge in [-0.3, -0.25) is 4.79 Å². The average Bonchev–Trinajstić information content (AvgIpc) is 3.03. The van der Waals surface area contributed by atoms with Crippen molar-refractivity contribution in [3.05, 3.63) is 47.2 Å². The Morgan fingerprint density at radius 1 is 1.27 bits per heavy atom. The predicted octanol–water partition coefficient (Wildman–Crippen LogP) is 3.58. The van der Waals surface area contributed by atoms with Crippen molar-refractivity contribution in [3.63, 3.8) is 0 Å². The monoisotopic (exact) mass is 292 g/mol. The van der Waals surface area contributed by atoms with Crippen LogP contribution in [0.25, 0.3) is 10.9 Å². The molecule has 0 bridgehead atoms. The van der Waals surface area contributed by atoms with Crippen LogP contribution in [0.3, 0.4) is 0 Å². The molecule has 0 saturated carbocycles. The number of H-pyrrole nitrogens is 1. The molecule has 1 aromatic heterocycles. The van der Waals surface area contributed by atoms with Crippen LogP contribution in [0.5, 0.6) is 0 Å². The van der Waals surface area contributed by atoms with Gasteiger partial charge in [0.15, 0.2) is 0 Å². The number of aromatic nitrogens is 1. The van der Waals surface area contributed by atoms with E-state index in [9.17, 15) is 4.79 Å². The average molecular weight is 292 g/mol. The van der Waals surface area contributed by atoms with E-state index >= 15 is 0 Å². The maximum Gasteiger partial charge on any atom is 0.226 e. The highest BCUT2D eigenvalue weighted by Crippen LogP contribution is 2.51. The third kappa shape index (κ3) is 1.49. The van der Waals surface area contributed by atoms with Gasteiger partial charge in [-0.2, -0.15) is 0 Å². The van der Waals surface area contributed by atoms with E-state index in [-0.39, 0.29) is 12.0 Å². The number of carbonyl (C=O) groups is 1. The third-order valence-corrected chi connectivity index (χ3v) is 5.88. The zero-order chi connectivity index (χ0) is 14.8. The standard InChI is InChI=1S/C19H20N2O/c1-11-6-7-14-15(10-11)18-17-13(8-9-21(18)19(14)22)12-4-2-3-5-16(12)20-17/h2-6,14-15,18,20H,7-10H2,1H3/t14-,15-,18-/m1/s1. The van der Waals surface area contributed by atoms with Crippen molar-refractivity contribution in [2.75, 3.05) is 6.54 Å². The van der Waals surface area contributed by atoms with Gasteiger partial charge in [0.1, 0.15) is 0 Å². The second-order valence-electron chi connectivity index (χ2n) is 7.05. The minimum atomic E-state index is 0.200. The molecule has 3 heterocycles. The second-order valence-corrected chi connectivity index (χ2v) is 7.05. The van der Waals surface area contributed by atoms with Crippen LogP contribution in [0.4, 0.5) is 0 Å². The van der Waals surface area contributed by atoms with Gasteiger partial charge in [0.25, 0.3) is 0 Å². The van der Waals surface area contributed by atoms with Crippen molar-refractivity contribution < 1.29 is 4.79 Å². The summed E-state index contributed by atoms with van der Waals surface area (Å²) in [7, 11) is 0. The van der Waals surface area contributed by atoms with Crippen molar-refractivity contribution in [1.29, 1.82) is 0 Å². The van der Waals surface area contributed by atoms with Crippen LogP contribution in [0, 0.1) is 11.8 Å². The van der Waals surface area contributed by atoms with Gasteiger partial charge in [0.05, 0.1) is 6.04 Å². The molecule has 1 fully saturated rings. The number of aromatic amines is 1. The number of fused-ring (bicyclic) bond motifs is 7. The molecule has 1 N–H and O–H groups in total. The van der Waals surface area contributed by atoms with Gasteiger partial charge in [0, 0.05) is 35.0 Å². The number of rotatable bonds is 0. The summed E-state index contributed by atoms with van der Waals surface area (Å²) in [5, 5.41) is 1.34. The fourth-order valence-electron chi connectivity index (χ4n) is 4.89. The Kier molecular flexibility index (Phi) is 2.42. The van der Waals surface area contributed by atoms with E-state index in [0.717, 1.165) is 25.8 Å². The van der Waals surface area contributed by atoms with Crippen molar-refractivity contribution >= 4 is 16.8 Å². The number of hydrogen-bond donors (Lipinski definition) is 1. The van der Waals surface area contributed by atoms with Gasteiger partial charge in [-0.25, -0.2) is 0 Å². The quantitative estimate of drug-likeness (QED) is 0.740. The molecule has 112 valence electrons. The van der Waals surface area contributed by atoms with E-state index in [4.69, 9.17) is 0 Å². The van der Waals surface area contributed by atoms with Gasteiger partial charge in [0.2, 0.25) is 5.91 Å². The van der Waals surface area contributed by atoms with Gasteiger partial charge >= 0.3 is 0 Å². The first-order chi connectivity index (χ1) is 10.7. The highest BCUT2D eigenvalue weighted by Gasteiger charge is 2.51. The lowest BCUT2D eigenvalue weighted by Crippen LogP contribution is -2.35. The number of carbonyl (C=O) groups excluding carboxylic acids is 1. The van der Waals surface area contributed by atoms with Crippen molar-refractivity contribution in [2.24, 2.45) is 11.8 Å². The van der Waals surface area contributed by atoms with Crippen LogP contribution in [-0.4, -0.2) is 22.3 Å². The van der Waals surface area contributed by atoms with Crippen LogP contribution in [0.2, 0.25) is 0 Å². The molecule has 0 spiro atoms. The zero-order valence-electron chi connectivity index (χ0n) is 12.8. The smallest absolute Gasteiger partial charge is 0.226 e. The molecule has 1 saturated heterocycles. The van der Waals surface area contributed by atoms with Gasteiger partial charge in [-0.1, -0.05) is 29.8 Å². The lowest BCUT2D eigenvalue weighted by Gasteiger charge is -2.33. The van der Waals surface area contributed by atoms with E-state index in [1.54, 1.807) is 0 Å². The Hall–Kier alpha value is -2.03. The summed E-state index contributed by atoms with van der Waals surface area (Å²) in [5.41, 5.74) is 5.41. The SMILES string of the molecule is CC1=CC[C@H]2C(=O)N3CCc4c([nH]c5ccccc45)[C@H]3[C@@H]2C1. The van der Waals surface area contributed by atoms with E-state index < -0.39 is 0 Å². The molecule has 1 aliphatic carbocycles. The largest absolute Gasteiger partial charge is 0.356 e. The van der Waals surface area contributed by atoms with Crippen LogP contribution in [-0.2, 0) is 11.2 Å². The van der Waals surface area contributed by atoms with Crippen molar-refractivity contribution in [2.45, 2.75) is 32.2 Å². The molecule has 3 aliphatic rings. The molecule has 1 amide bonds. The van der Waals surface area contributed by atoms with Crippen molar-refractivity contribution in [1.82, 2.24) is 9.88 Å². The van der Waals surface area contributed by atoms with E-state index in [1.807, 2.05) is 0 Å². The molecular weight excluding hydrogens is 272 g/mol. The second kappa shape index (κ2) is 4.25. The molecule has 5 rings (SSSR count). The maximum absolute atomic E-state index is 12.8. The Morgan fingerprint density at radius 3 is 3.05 bits per heavy atom. The summed E-state index contributed by atoms with van der Waals surface area (Å²) in [6.45, 7) is 3.09. The summed E-state index contributed by atoms with van der Waals surface area (Å²) in [6, 6.07) is 8.81. The first-order valence-electron chi connectivity index (χ1n) is 8.29. The predicted molar refractivity (Wildman–Crippen MR) is 86.4 cm³/mol. The minimum Gasteiger partial charge on any atom is -0.356 e. The molecule has 22 heavy (non-hydrogen) atoms. The number of amides is 1. The molecule has 3 atom stereocenters. The van der Waals surface area contributed by atoms with E-state index in [2.05, 4.69) is 47.1 Å². The summed E-state index contributed by atoms with van der Waals surface area (Å²) >= 11 is 0. The highest BCUT2D eigenvalue weighted by molar-refractivity contribution is 5.88. The summed E-state index contributed by atoms with van der Waals surface area (Å²) in [4.78, 5) is 18.6. The van der Waals surface area contributed by atoms with Gasteiger partial charge < -0.3 is 9.88 Å². The molecule has 0 unspecified atom stereocenters. The number of allylic oxidation sites excluding steroid dienone is 2. The van der Waals surface area contributed by atoms with Crippen LogP contribution < -0.4 is 0 Å². The number of nitrogens with one attached hydrogen (secondary N) is 1. The molecular formula is C19H20N2O. The lowest BCUT2D eigenvalue weighted by atomic mass is 9.77. The first kappa shape index (κ1) is 12.5. The maximum atomic E-state index is 12.8. The van der Waals surface area contributed by atoms with E-state index in [1.165, 1.54) is 27.7 Å². The van der Waals surface area contributed by atoms with Crippen LogP contribution >= 0.6 is 0 Å². The van der Waals surface area contributed by atoms with Gasteiger partial charge in [-0.05, 0) is 37.8 Å². The number of hydrogen-bond acceptors (Lipinski definition) is 1. The van der Waals surface area contributed by atoms with E-state index in [0.29, 0.717) is 11.8 Å². The number of para-hydroxylation sites is 1. The van der Waals surface area contributed by atoms with Gasteiger partial charge in [-0.15, -0.1) is 0 Å². The first-order valence-corrected chi connectivity index (χ1v) is 8.29. The Balaban J connectivity index is 1.69. The number of nitrogens with zero attached hydrogens (tertiary/aromatic N) is 1. The third-order valence-electron chi connectivity index (χ3n) is 5.88. The highest BCUT2D eigenvalue weighted by atomic mass is 16.2. The molecule has 3 nitrogen and oxygen atoms in total. The fourth-order valence-corrected chi connectivity index (χ4v) is 4.89. The fraction of sp³-hybridized carbons (Fsp3) is 0.421.